The third-order valence-electron chi connectivity index (χ3n) is 4.42. The van der Waals surface area contributed by atoms with E-state index < -0.39 is 0 Å². The molecule has 0 saturated carbocycles. The molecule has 4 nitrogen and oxygen atoms in total. The highest BCUT2D eigenvalue weighted by Gasteiger charge is 2.29. The first-order valence-electron chi connectivity index (χ1n) is 7.44. The van der Waals surface area contributed by atoms with Crippen molar-refractivity contribution in [2.75, 3.05) is 31.1 Å². The van der Waals surface area contributed by atoms with E-state index >= 15 is 0 Å². The minimum atomic E-state index is 0.0185. The summed E-state index contributed by atoms with van der Waals surface area (Å²) in [6, 6.07) is 4.99. The van der Waals surface area contributed by atoms with Crippen molar-refractivity contribution >= 4 is 5.69 Å². The van der Waals surface area contributed by atoms with Crippen LogP contribution in [0.3, 0.4) is 0 Å². The second-order valence-corrected chi connectivity index (χ2v) is 5.86. The quantitative estimate of drug-likeness (QED) is 0.900. The van der Waals surface area contributed by atoms with Crippen molar-refractivity contribution in [3.63, 3.8) is 0 Å². The molecule has 2 atom stereocenters. The molecule has 0 bridgehead atoms. The van der Waals surface area contributed by atoms with E-state index in [-0.39, 0.29) is 6.04 Å². The van der Waals surface area contributed by atoms with Gasteiger partial charge < -0.3 is 10.6 Å². The standard InChI is InChI=1S/C15H24N4/c1-12(16)15-5-4-13(10-17-15)19-9-6-14(11-19)18-7-2-3-8-18/h4-5,10,12,14H,2-3,6-9,11,16H2,1H3/t12-,14?/m1/s1. The number of rotatable bonds is 3. The molecule has 0 spiro atoms. The van der Waals surface area contributed by atoms with Gasteiger partial charge in [0.1, 0.15) is 0 Å². The molecule has 2 saturated heterocycles. The van der Waals surface area contributed by atoms with Crippen molar-refractivity contribution < 1.29 is 0 Å². The van der Waals surface area contributed by atoms with Crippen LogP contribution in [-0.2, 0) is 0 Å². The zero-order valence-corrected chi connectivity index (χ0v) is 11.8. The molecular weight excluding hydrogens is 236 g/mol. The molecule has 0 amide bonds. The summed E-state index contributed by atoms with van der Waals surface area (Å²) in [5, 5.41) is 0. The van der Waals surface area contributed by atoms with Crippen LogP contribution >= 0.6 is 0 Å². The maximum atomic E-state index is 5.84. The van der Waals surface area contributed by atoms with Gasteiger partial charge in [0.25, 0.3) is 0 Å². The number of nitrogens with zero attached hydrogens (tertiary/aromatic N) is 3. The summed E-state index contributed by atoms with van der Waals surface area (Å²) in [6.07, 6.45) is 6.02. The molecule has 1 aromatic heterocycles. The van der Waals surface area contributed by atoms with Crippen molar-refractivity contribution in [2.45, 2.75) is 38.3 Å². The van der Waals surface area contributed by atoms with Crippen molar-refractivity contribution in [1.82, 2.24) is 9.88 Å². The van der Waals surface area contributed by atoms with Crippen molar-refractivity contribution in [3.8, 4) is 0 Å². The molecule has 19 heavy (non-hydrogen) atoms. The van der Waals surface area contributed by atoms with E-state index in [2.05, 4.69) is 26.9 Å². The molecule has 2 aliphatic rings. The molecule has 1 aromatic rings. The van der Waals surface area contributed by atoms with Crippen LogP contribution in [0.4, 0.5) is 5.69 Å². The molecule has 3 rings (SSSR count). The second-order valence-electron chi connectivity index (χ2n) is 5.86. The number of hydrogen-bond donors (Lipinski definition) is 1. The SMILES string of the molecule is C[C@@H](N)c1ccc(N2CCC(N3CCCC3)C2)cn1. The average Bonchev–Trinajstić information content (AvgIpc) is 3.10. The van der Waals surface area contributed by atoms with Crippen molar-refractivity contribution in [1.29, 1.82) is 0 Å². The lowest BCUT2D eigenvalue weighted by Crippen LogP contribution is -2.35. The lowest BCUT2D eigenvalue weighted by Gasteiger charge is -2.24. The van der Waals surface area contributed by atoms with E-state index in [4.69, 9.17) is 5.73 Å². The average molecular weight is 260 g/mol. The van der Waals surface area contributed by atoms with Gasteiger partial charge in [0.2, 0.25) is 0 Å². The molecule has 0 aromatic carbocycles. The van der Waals surface area contributed by atoms with Crippen LogP contribution < -0.4 is 10.6 Å². The Morgan fingerprint density at radius 1 is 1.26 bits per heavy atom. The molecule has 104 valence electrons. The van der Waals surface area contributed by atoms with Crippen LogP contribution in [0.1, 0.15) is 37.9 Å². The zero-order chi connectivity index (χ0) is 13.2. The maximum Gasteiger partial charge on any atom is 0.0569 e. The Kier molecular flexibility index (Phi) is 3.71. The predicted molar refractivity (Wildman–Crippen MR) is 78.3 cm³/mol. The van der Waals surface area contributed by atoms with Gasteiger partial charge in [-0.25, -0.2) is 0 Å². The molecule has 3 heterocycles. The summed E-state index contributed by atoms with van der Waals surface area (Å²) in [5.74, 6) is 0. The van der Waals surface area contributed by atoms with Gasteiger partial charge in [-0.1, -0.05) is 0 Å². The second kappa shape index (κ2) is 5.47. The number of hydrogen-bond acceptors (Lipinski definition) is 4. The van der Waals surface area contributed by atoms with Crippen LogP contribution in [0, 0.1) is 0 Å². The number of aromatic nitrogens is 1. The Morgan fingerprint density at radius 3 is 2.68 bits per heavy atom. The Bertz CT molecular complexity index is 409. The normalized spacial score (nSPS) is 26.0. The molecule has 2 N–H and O–H groups in total. The van der Waals surface area contributed by atoms with Crippen LogP contribution in [0.15, 0.2) is 18.3 Å². The topological polar surface area (TPSA) is 45.4 Å². The Morgan fingerprint density at radius 2 is 2.05 bits per heavy atom. The fourth-order valence-corrected chi connectivity index (χ4v) is 3.24. The lowest BCUT2D eigenvalue weighted by molar-refractivity contribution is 0.260. The molecule has 4 heteroatoms. The lowest BCUT2D eigenvalue weighted by atomic mass is 10.2. The summed E-state index contributed by atoms with van der Waals surface area (Å²) < 4.78 is 0. The summed E-state index contributed by atoms with van der Waals surface area (Å²) >= 11 is 0. The molecule has 2 fully saturated rings. The highest BCUT2D eigenvalue weighted by atomic mass is 15.3. The smallest absolute Gasteiger partial charge is 0.0569 e. The maximum absolute atomic E-state index is 5.84. The number of nitrogens with two attached hydrogens (primary N) is 1. The third-order valence-corrected chi connectivity index (χ3v) is 4.42. The molecule has 0 aliphatic carbocycles. The van der Waals surface area contributed by atoms with Gasteiger partial charge in [-0.3, -0.25) is 9.88 Å². The zero-order valence-electron chi connectivity index (χ0n) is 11.8. The first-order chi connectivity index (χ1) is 9.24. The highest BCUT2D eigenvalue weighted by Crippen LogP contribution is 2.25. The van der Waals surface area contributed by atoms with E-state index in [0.717, 1.165) is 24.8 Å². The fraction of sp³-hybridized carbons (Fsp3) is 0.667. The highest BCUT2D eigenvalue weighted by molar-refractivity contribution is 5.46. The van der Waals surface area contributed by atoms with Gasteiger partial charge in [0, 0.05) is 25.2 Å². The summed E-state index contributed by atoms with van der Waals surface area (Å²) in [6.45, 7) is 6.86. The van der Waals surface area contributed by atoms with E-state index in [1.165, 1.54) is 38.0 Å². The van der Waals surface area contributed by atoms with Gasteiger partial charge in [-0.05, 0) is 51.4 Å². The van der Waals surface area contributed by atoms with Crippen LogP contribution in [-0.4, -0.2) is 42.1 Å². The predicted octanol–water partition coefficient (Wildman–Crippen LogP) is 1.78. The van der Waals surface area contributed by atoms with Gasteiger partial charge in [0.15, 0.2) is 0 Å². The molecular formula is C15H24N4. The van der Waals surface area contributed by atoms with Crippen LogP contribution in [0.25, 0.3) is 0 Å². The van der Waals surface area contributed by atoms with Crippen molar-refractivity contribution in [3.05, 3.63) is 24.0 Å². The summed E-state index contributed by atoms with van der Waals surface area (Å²) in [7, 11) is 0. The summed E-state index contributed by atoms with van der Waals surface area (Å²) in [4.78, 5) is 9.58. The number of likely N-dealkylation sites (tertiary alicyclic amines) is 1. The Balaban J connectivity index is 1.63. The van der Waals surface area contributed by atoms with Gasteiger partial charge >= 0.3 is 0 Å². The Labute approximate surface area is 115 Å². The molecule has 2 aliphatic heterocycles. The van der Waals surface area contributed by atoms with E-state index in [1.807, 2.05) is 13.1 Å². The third kappa shape index (κ3) is 2.74. The fourth-order valence-electron chi connectivity index (χ4n) is 3.24. The minimum absolute atomic E-state index is 0.0185. The Hall–Kier alpha value is -1.13. The van der Waals surface area contributed by atoms with E-state index in [1.54, 1.807) is 0 Å². The molecule has 1 unspecified atom stereocenters. The largest absolute Gasteiger partial charge is 0.369 e. The van der Waals surface area contributed by atoms with E-state index in [9.17, 15) is 0 Å². The number of anilines is 1. The first kappa shape index (κ1) is 12.9. The number of pyridine rings is 1. The summed E-state index contributed by atoms with van der Waals surface area (Å²) in [5.41, 5.74) is 8.05. The molecule has 0 radical (unpaired) electrons. The van der Waals surface area contributed by atoms with Gasteiger partial charge in [-0.15, -0.1) is 0 Å². The first-order valence-corrected chi connectivity index (χ1v) is 7.44. The minimum Gasteiger partial charge on any atom is -0.369 e. The van der Waals surface area contributed by atoms with Crippen LogP contribution in [0.5, 0.6) is 0 Å². The monoisotopic (exact) mass is 260 g/mol. The van der Waals surface area contributed by atoms with Crippen molar-refractivity contribution in [2.24, 2.45) is 5.73 Å². The van der Waals surface area contributed by atoms with Gasteiger partial charge in [-0.2, -0.15) is 0 Å². The van der Waals surface area contributed by atoms with E-state index in [0.29, 0.717) is 0 Å². The van der Waals surface area contributed by atoms with Crippen LogP contribution in [0.2, 0.25) is 0 Å². The van der Waals surface area contributed by atoms with Gasteiger partial charge in [0.05, 0.1) is 17.6 Å².